The van der Waals surface area contributed by atoms with E-state index < -0.39 is 30.1 Å². The molecule has 0 aliphatic rings. The van der Waals surface area contributed by atoms with Crippen LogP contribution < -0.4 is 0 Å². The summed E-state index contributed by atoms with van der Waals surface area (Å²) in [4.78, 5) is 14.6. The molecule has 0 atom stereocenters. The van der Waals surface area contributed by atoms with E-state index in [0.717, 1.165) is 0 Å². The first-order chi connectivity index (χ1) is 9.21. The standard InChI is InChI=1S/C9H7ClF3N5O2/c1-17-4(10)2-14-5(17)3-18-7(9(11,12)13)6(8(19)20)15-16-18/h2H,3H2,1H3,(H,19,20). The molecule has 2 rings (SSSR count). The van der Waals surface area contributed by atoms with E-state index in [0.29, 0.717) is 4.68 Å². The quantitative estimate of drug-likeness (QED) is 0.927. The maximum atomic E-state index is 12.9. The van der Waals surface area contributed by atoms with Crippen LogP contribution in [0, 0.1) is 0 Å². The molecule has 7 nitrogen and oxygen atoms in total. The third-order valence-electron chi connectivity index (χ3n) is 2.53. The summed E-state index contributed by atoms with van der Waals surface area (Å²) in [6.07, 6.45) is -3.63. The Morgan fingerprint density at radius 3 is 2.60 bits per heavy atom. The fourth-order valence-electron chi connectivity index (χ4n) is 1.55. The van der Waals surface area contributed by atoms with Crippen molar-refractivity contribution in [1.29, 1.82) is 0 Å². The lowest BCUT2D eigenvalue weighted by molar-refractivity contribution is -0.144. The zero-order chi connectivity index (χ0) is 15.1. The van der Waals surface area contributed by atoms with Gasteiger partial charge in [0.2, 0.25) is 5.69 Å². The first-order valence-electron chi connectivity index (χ1n) is 5.12. The summed E-state index contributed by atoms with van der Waals surface area (Å²) in [5.41, 5.74) is -2.60. The van der Waals surface area contributed by atoms with E-state index in [2.05, 4.69) is 15.3 Å². The molecule has 0 saturated carbocycles. The molecule has 0 bridgehead atoms. The molecule has 0 radical (unpaired) electrons. The molecule has 1 N–H and O–H groups in total. The second-order valence-corrected chi connectivity index (χ2v) is 4.19. The molecule has 0 unspecified atom stereocenters. The summed E-state index contributed by atoms with van der Waals surface area (Å²) in [5, 5.41) is 15.2. The Morgan fingerprint density at radius 1 is 1.50 bits per heavy atom. The van der Waals surface area contributed by atoms with Crippen molar-refractivity contribution in [3.8, 4) is 0 Å². The number of imidazole rings is 1. The van der Waals surface area contributed by atoms with Crippen LogP contribution in [0.5, 0.6) is 0 Å². The molecule has 2 aromatic rings. The van der Waals surface area contributed by atoms with Gasteiger partial charge in [-0.25, -0.2) is 14.5 Å². The van der Waals surface area contributed by atoms with Crippen molar-refractivity contribution in [3.63, 3.8) is 0 Å². The highest BCUT2D eigenvalue weighted by Gasteiger charge is 2.41. The summed E-state index contributed by atoms with van der Waals surface area (Å²) < 4.78 is 40.5. The molecule has 0 saturated heterocycles. The largest absolute Gasteiger partial charge is 0.476 e. The van der Waals surface area contributed by atoms with Crippen LogP contribution in [-0.4, -0.2) is 35.6 Å². The van der Waals surface area contributed by atoms with Gasteiger partial charge in [-0.3, -0.25) is 0 Å². The summed E-state index contributed by atoms with van der Waals surface area (Å²) in [5.74, 6) is -1.62. The minimum Gasteiger partial charge on any atom is -0.476 e. The maximum absolute atomic E-state index is 12.9. The number of rotatable bonds is 3. The Morgan fingerprint density at radius 2 is 2.15 bits per heavy atom. The van der Waals surface area contributed by atoms with Gasteiger partial charge < -0.3 is 9.67 Å². The second-order valence-electron chi connectivity index (χ2n) is 3.80. The van der Waals surface area contributed by atoms with Crippen LogP contribution in [0.15, 0.2) is 6.20 Å². The monoisotopic (exact) mass is 309 g/mol. The first-order valence-corrected chi connectivity index (χ1v) is 5.49. The van der Waals surface area contributed by atoms with E-state index in [1.165, 1.54) is 17.8 Å². The van der Waals surface area contributed by atoms with Gasteiger partial charge >= 0.3 is 12.1 Å². The second kappa shape index (κ2) is 4.78. The van der Waals surface area contributed by atoms with Gasteiger partial charge in [-0.15, -0.1) is 5.10 Å². The predicted molar refractivity (Wildman–Crippen MR) is 59.3 cm³/mol. The Bertz CT molecular complexity index is 663. The Hall–Kier alpha value is -2.10. The number of carboxylic acids is 1. The highest BCUT2D eigenvalue weighted by Crippen LogP contribution is 2.31. The molecule has 2 heterocycles. The Balaban J connectivity index is 2.48. The lowest BCUT2D eigenvalue weighted by Crippen LogP contribution is -2.20. The number of hydrogen-bond acceptors (Lipinski definition) is 4. The average molecular weight is 310 g/mol. The van der Waals surface area contributed by atoms with Gasteiger partial charge in [0.05, 0.1) is 6.20 Å². The van der Waals surface area contributed by atoms with Crippen molar-refractivity contribution < 1.29 is 23.1 Å². The lowest BCUT2D eigenvalue weighted by atomic mass is 10.3. The SMILES string of the molecule is Cn1c(Cl)cnc1Cn1nnc(C(=O)O)c1C(F)(F)F. The van der Waals surface area contributed by atoms with Crippen LogP contribution in [-0.2, 0) is 19.8 Å². The fraction of sp³-hybridized carbons (Fsp3) is 0.333. The van der Waals surface area contributed by atoms with E-state index in [1.807, 2.05) is 0 Å². The van der Waals surface area contributed by atoms with E-state index >= 15 is 0 Å². The minimum atomic E-state index is -4.90. The van der Waals surface area contributed by atoms with Crippen LogP contribution >= 0.6 is 11.6 Å². The van der Waals surface area contributed by atoms with E-state index in [9.17, 15) is 18.0 Å². The fourth-order valence-corrected chi connectivity index (χ4v) is 1.70. The average Bonchev–Trinajstić information content (AvgIpc) is 2.87. The summed E-state index contributed by atoms with van der Waals surface area (Å²) in [7, 11) is 1.51. The summed E-state index contributed by atoms with van der Waals surface area (Å²) in [6, 6.07) is 0. The lowest BCUT2D eigenvalue weighted by Gasteiger charge is -2.10. The number of aromatic carboxylic acids is 1. The minimum absolute atomic E-state index is 0.183. The van der Waals surface area contributed by atoms with Gasteiger partial charge in [-0.2, -0.15) is 13.2 Å². The molecular formula is C9H7ClF3N5O2. The van der Waals surface area contributed by atoms with E-state index in [-0.39, 0.29) is 11.0 Å². The molecular weight excluding hydrogens is 303 g/mol. The number of halogens is 4. The van der Waals surface area contributed by atoms with Gasteiger partial charge in [0.25, 0.3) is 0 Å². The van der Waals surface area contributed by atoms with Gasteiger partial charge in [0, 0.05) is 7.05 Å². The van der Waals surface area contributed by atoms with Crippen molar-refractivity contribution >= 4 is 17.6 Å². The van der Waals surface area contributed by atoms with Crippen LogP contribution in [0.25, 0.3) is 0 Å². The van der Waals surface area contributed by atoms with Crippen molar-refractivity contribution in [2.24, 2.45) is 7.05 Å². The molecule has 0 spiro atoms. The smallest absolute Gasteiger partial charge is 0.435 e. The van der Waals surface area contributed by atoms with Gasteiger partial charge in [0.15, 0.2) is 5.69 Å². The number of hydrogen-bond donors (Lipinski definition) is 1. The van der Waals surface area contributed by atoms with Crippen LogP contribution in [0.4, 0.5) is 13.2 Å². The molecule has 0 aromatic carbocycles. The topological polar surface area (TPSA) is 85.8 Å². The van der Waals surface area contributed by atoms with Crippen molar-refractivity contribution in [2.45, 2.75) is 12.7 Å². The number of carboxylic acid groups (broad SMARTS) is 1. The highest BCUT2D eigenvalue weighted by molar-refractivity contribution is 6.29. The molecule has 0 aliphatic heterocycles. The van der Waals surface area contributed by atoms with Gasteiger partial charge in [0.1, 0.15) is 17.5 Å². The Kier molecular flexibility index (Phi) is 3.42. The van der Waals surface area contributed by atoms with Crippen LogP contribution in [0.3, 0.4) is 0 Å². The third-order valence-corrected chi connectivity index (χ3v) is 2.88. The van der Waals surface area contributed by atoms with E-state index in [1.54, 1.807) is 0 Å². The summed E-state index contributed by atoms with van der Waals surface area (Å²) >= 11 is 5.72. The predicted octanol–water partition coefficient (Wildman–Crippen LogP) is 1.43. The van der Waals surface area contributed by atoms with Gasteiger partial charge in [-0.05, 0) is 0 Å². The molecule has 0 fully saturated rings. The number of alkyl halides is 3. The van der Waals surface area contributed by atoms with Crippen LogP contribution in [0.1, 0.15) is 22.0 Å². The molecule has 0 amide bonds. The third kappa shape index (κ3) is 2.46. The zero-order valence-electron chi connectivity index (χ0n) is 9.89. The number of nitrogens with zero attached hydrogens (tertiary/aromatic N) is 5. The van der Waals surface area contributed by atoms with Crippen LogP contribution in [0.2, 0.25) is 5.15 Å². The summed E-state index contributed by atoms with van der Waals surface area (Å²) in [6.45, 7) is -0.404. The number of carbonyl (C=O) groups is 1. The first kappa shape index (κ1) is 14.3. The zero-order valence-corrected chi connectivity index (χ0v) is 10.6. The highest BCUT2D eigenvalue weighted by atomic mass is 35.5. The molecule has 0 aliphatic carbocycles. The van der Waals surface area contributed by atoms with Gasteiger partial charge in [-0.1, -0.05) is 16.8 Å². The number of aromatic nitrogens is 5. The maximum Gasteiger partial charge on any atom is 0.435 e. The molecule has 11 heteroatoms. The molecule has 20 heavy (non-hydrogen) atoms. The Labute approximate surface area is 114 Å². The van der Waals surface area contributed by atoms with Crippen molar-refractivity contribution in [3.05, 3.63) is 28.6 Å². The van der Waals surface area contributed by atoms with E-state index in [4.69, 9.17) is 16.7 Å². The van der Waals surface area contributed by atoms with Crippen molar-refractivity contribution in [2.75, 3.05) is 0 Å². The molecule has 2 aromatic heterocycles. The van der Waals surface area contributed by atoms with Crippen molar-refractivity contribution in [1.82, 2.24) is 24.5 Å². The normalized spacial score (nSPS) is 11.8. The molecule has 108 valence electrons.